The molecule has 2 heterocycles. The summed E-state index contributed by atoms with van der Waals surface area (Å²) in [6, 6.07) is 0. The zero-order chi connectivity index (χ0) is 24.2. The topological polar surface area (TPSA) is 117 Å². The largest absolute Gasteiger partial charge is 0.463 e. The van der Waals surface area contributed by atoms with Crippen molar-refractivity contribution in [2.24, 2.45) is 0 Å². The highest BCUT2D eigenvalue weighted by molar-refractivity contribution is 5.70. The number of carbonyl (C=O) groups is 2. The molecule has 186 valence electrons. The van der Waals surface area contributed by atoms with Gasteiger partial charge in [0.15, 0.2) is 0 Å². The fourth-order valence-electron chi connectivity index (χ4n) is 3.69. The summed E-state index contributed by atoms with van der Waals surface area (Å²) < 4.78 is 31.3. The normalized spacial score (nSPS) is 20.0. The Bertz CT molecular complexity index is 882. The summed E-state index contributed by atoms with van der Waals surface area (Å²) in [6.07, 6.45) is 6.24. The van der Waals surface area contributed by atoms with Crippen LogP contribution in [0.25, 0.3) is 0 Å². The molecule has 0 bridgehead atoms. The Morgan fingerprint density at radius 1 is 1.06 bits per heavy atom. The van der Waals surface area contributed by atoms with Gasteiger partial charge in [-0.05, 0) is 12.8 Å². The van der Waals surface area contributed by atoms with Crippen LogP contribution in [0.15, 0.2) is 15.8 Å². The first-order valence-electron chi connectivity index (χ1n) is 11.9. The third-order valence-electron chi connectivity index (χ3n) is 5.58. The van der Waals surface area contributed by atoms with Gasteiger partial charge < -0.3 is 14.2 Å². The zero-order valence-electron chi connectivity index (χ0n) is 19.5. The minimum absolute atomic E-state index is 0.0603. The lowest BCUT2D eigenvalue weighted by Crippen LogP contribution is -2.34. The van der Waals surface area contributed by atoms with Crippen molar-refractivity contribution >= 4 is 11.9 Å². The van der Waals surface area contributed by atoms with Gasteiger partial charge in [-0.15, -0.1) is 0 Å². The van der Waals surface area contributed by atoms with Crippen molar-refractivity contribution in [2.45, 2.75) is 103 Å². The van der Waals surface area contributed by atoms with Crippen LogP contribution in [0.1, 0.15) is 90.7 Å². The summed E-state index contributed by atoms with van der Waals surface area (Å²) in [5.74, 6) is -1.92. The SMILES string of the molecule is CCCCCCC(=O)OC[C@H]1O[C@@H](n2cc(F)c(=O)[nH]c2=O)C[C@@H]1OC(=O)CCCCCC. The molecule has 0 unspecified atom stereocenters. The van der Waals surface area contributed by atoms with Crippen molar-refractivity contribution in [1.29, 1.82) is 0 Å². The van der Waals surface area contributed by atoms with Crippen molar-refractivity contribution in [1.82, 2.24) is 9.55 Å². The number of aromatic amines is 1. The van der Waals surface area contributed by atoms with Gasteiger partial charge in [0.05, 0.1) is 6.20 Å². The Morgan fingerprint density at radius 2 is 1.70 bits per heavy atom. The van der Waals surface area contributed by atoms with E-state index in [2.05, 4.69) is 13.8 Å². The molecule has 0 aliphatic carbocycles. The fourth-order valence-corrected chi connectivity index (χ4v) is 3.69. The number of nitrogens with zero attached hydrogens (tertiary/aromatic N) is 1. The average Bonchev–Trinajstić information content (AvgIpc) is 3.17. The molecule has 9 nitrogen and oxygen atoms in total. The highest BCUT2D eigenvalue weighted by Gasteiger charge is 2.40. The molecule has 2 rings (SSSR count). The van der Waals surface area contributed by atoms with Crippen molar-refractivity contribution in [3.05, 3.63) is 32.9 Å². The van der Waals surface area contributed by atoms with Crippen molar-refractivity contribution < 1.29 is 28.2 Å². The molecule has 10 heteroatoms. The fraction of sp³-hybridized carbons (Fsp3) is 0.739. The first kappa shape index (κ1) is 26.8. The number of aromatic nitrogens is 2. The number of halogens is 1. The number of unbranched alkanes of at least 4 members (excludes halogenated alkanes) is 6. The Balaban J connectivity index is 2.01. The minimum Gasteiger partial charge on any atom is -0.463 e. The Labute approximate surface area is 192 Å². The second-order valence-corrected chi connectivity index (χ2v) is 8.34. The third-order valence-corrected chi connectivity index (χ3v) is 5.58. The van der Waals surface area contributed by atoms with Gasteiger partial charge in [0.25, 0.3) is 5.56 Å². The maximum atomic E-state index is 13.7. The van der Waals surface area contributed by atoms with Gasteiger partial charge in [-0.2, -0.15) is 4.39 Å². The van der Waals surface area contributed by atoms with Gasteiger partial charge in [0, 0.05) is 19.3 Å². The lowest BCUT2D eigenvalue weighted by molar-refractivity contribution is -0.158. The molecule has 0 saturated carbocycles. The summed E-state index contributed by atoms with van der Waals surface area (Å²) in [7, 11) is 0. The van der Waals surface area contributed by atoms with E-state index in [1.165, 1.54) is 0 Å². The summed E-state index contributed by atoms with van der Waals surface area (Å²) >= 11 is 0. The van der Waals surface area contributed by atoms with Gasteiger partial charge in [-0.25, -0.2) is 4.79 Å². The molecule has 33 heavy (non-hydrogen) atoms. The monoisotopic (exact) mass is 470 g/mol. The van der Waals surface area contributed by atoms with Crippen LogP contribution in [0.3, 0.4) is 0 Å². The molecule has 1 aliphatic rings. The number of nitrogens with one attached hydrogen (secondary N) is 1. The summed E-state index contributed by atoms with van der Waals surface area (Å²) in [5, 5.41) is 0. The molecule has 0 radical (unpaired) electrons. The van der Waals surface area contributed by atoms with E-state index >= 15 is 0 Å². The van der Waals surface area contributed by atoms with Crippen LogP contribution in [-0.2, 0) is 23.8 Å². The van der Waals surface area contributed by atoms with Crippen molar-refractivity contribution in [3.63, 3.8) is 0 Å². The van der Waals surface area contributed by atoms with E-state index in [4.69, 9.17) is 14.2 Å². The van der Waals surface area contributed by atoms with Crippen LogP contribution < -0.4 is 11.2 Å². The molecule has 3 atom stereocenters. The third kappa shape index (κ3) is 8.75. The number of hydrogen-bond acceptors (Lipinski definition) is 7. The quantitative estimate of drug-likeness (QED) is 0.327. The molecule has 1 fully saturated rings. The first-order chi connectivity index (χ1) is 15.8. The van der Waals surface area contributed by atoms with Gasteiger partial charge in [0.2, 0.25) is 5.82 Å². The molecule has 0 aromatic carbocycles. The number of carbonyl (C=O) groups excluding carboxylic acids is 2. The van der Waals surface area contributed by atoms with E-state index in [0.29, 0.717) is 6.42 Å². The lowest BCUT2D eigenvalue weighted by atomic mass is 10.1. The van der Waals surface area contributed by atoms with Gasteiger partial charge in [-0.1, -0.05) is 52.4 Å². The number of rotatable bonds is 14. The van der Waals surface area contributed by atoms with Crippen LogP contribution in [0.4, 0.5) is 4.39 Å². The van der Waals surface area contributed by atoms with Gasteiger partial charge in [0.1, 0.15) is 25.0 Å². The van der Waals surface area contributed by atoms with E-state index < -0.39 is 41.5 Å². The smallest absolute Gasteiger partial charge is 0.330 e. The Hall–Kier alpha value is -2.49. The first-order valence-corrected chi connectivity index (χ1v) is 11.9. The van der Waals surface area contributed by atoms with Gasteiger partial charge >= 0.3 is 17.6 Å². The second kappa shape index (κ2) is 13.9. The van der Waals surface area contributed by atoms with Crippen molar-refractivity contribution in [3.8, 4) is 0 Å². The molecule has 0 amide bonds. The average molecular weight is 471 g/mol. The molecule has 1 saturated heterocycles. The highest BCUT2D eigenvalue weighted by Crippen LogP contribution is 2.30. The van der Waals surface area contributed by atoms with E-state index in [1.54, 1.807) is 0 Å². The minimum atomic E-state index is -1.13. The zero-order valence-corrected chi connectivity index (χ0v) is 19.5. The van der Waals surface area contributed by atoms with E-state index in [9.17, 15) is 23.6 Å². The Kier molecular flexibility index (Phi) is 11.3. The lowest BCUT2D eigenvalue weighted by Gasteiger charge is -2.19. The van der Waals surface area contributed by atoms with Crippen LogP contribution in [0, 0.1) is 5.82 Å². The van der Waals surface area contributed by atoms with Crippen LogP contribution in [0.5, 0.6) is 0 Å². The van der Waals surface area contributed by atoms with Gasteiger partial charge in [-0.3, -0.25) is 23.9 Å². The number of esters is 2. The summed E-state index contributed by atoms with van der Waals surface area (Å²) in [6.45, 7) is 4.00. The van der Waals surface area contributed by atoms with E-state index in [0.717, 1.165) is 55.7 Å². The number of hydrogen-bond donors (Lipinski definition) is 1. The van der Waals surface area contributed by atoms with Crippen molar-refractivity contribution in [2.75, 3.05) is 6.61 Å². The second-order valence-electron chi connectivity index (χ2n) is 8.34. The molecular formula is C23H35FN2O7. The number of ether oxygens (including phenoxy) is 3. The highest BCUT2D eigenvalue weighted by atomic mass is 19.1. The summed E-state index contributed by atoms with van der Waals surface area (Å²) in [5.41, 5.74) is -1.97. The maximum Gasteiger partial charge on any atom is 0.330 e. The van der Waals surface area contributed by atoms with E-state index in [-0.39, 0.29) is 31.8 Å². The molecular weight excluding hydrogens is 435 g/mol. The molecule has 1 aromatic rings. The molecule has 0 spiro atoms. The molecule has 1 N–H and O–H groups in total. The van der Waals surface area contributed by atoms with Crippen LogP contribution in [0.2, 0.25) is 0 Å². The standard InChI is InChI=1S/C23H35FN2O7/c1-3-5-7-9-11-20(27)31-15-18-17(33-21(28)12-10-8-6-4-2)13-19(32-18)26-14-16(24)22(29)25-23(26)30/h14,17-19H,3-13,15H2,1-2H3,(H,25,29,30)/t17-,18+,19+/m0/s1. The maximum absolute atomic E-state index is 13.7. The predicted molar refractivity (Wildman–Crippen MR) is 118 cm³/mol. The van der Waals surface area contributed by atoms with E-state index in [1.807, 2.05) is 4.98 Å². The molecule has 1 aliphatic heterocycles. The molecule has 1 aromatic heterocycles. The number of H-pyrrole nitrogens is 1. The van der Waals surface area contributed by atoms with Crippen LogP contribution >= 0.6 is 0 Å². The Morgan fingerprint density at radius 3 is 2.33 bits per heavy atom. The predicted octanol–water partition coefficient (Wildman–Crippen LogP) is 3.36. The van der Waals surface area contributed by atoms with Crippen LogP contribution in [-0.4, -0.2) is 40.3 Å². The summed E-state index contributed by atoms with van der Waals surface area (Å²) in [4.78, 5) is 49.7.